The van der Waals surface area contributed by atoms with Crippen molar-refractivity contribution in [2.24, 2.45) is 11.5 Å². The van der Waals surface area contributed by atoms with Crippen LogP contribution in [0, 0.1) is 0 Å². The van der Waals surface area contributed by atoms with Gasteiger partial charge in [-0.1, -0.05) is 0 Å². The first kappa shape index (κ1) is 19.2. The van der Waals surface area contributed by atoms with Gasteiger partial charge >= 0.3 is 11.9 Å². The SMILES string of the molecule is NC(CCCCN1C=CN(CCCCC(N)C(=O)O)C1)C(=O)O. The maximum Gasteiger partial charge on any atom is 0.320 e. The molecule has 0 aromatic carbocycles. The second kappa shape index (κ2) is 10.1. The van der Waals surface area contributed by atoms with Crippen LogP contribution in [0.15, 0.2) is 12.4 Å². The third-order valence-electron chi connectivity index (χ3n) is 3.91. The van der Waals surface area contributed by atoms with Crippen LogP contribution in [0.3, 0.4) is 0 Å². The van der Waals surface area contributed by atoms with Crippen LogP contribution in [0.5, 0.6) is 0 Å². The average Bonchev–Trinajstić information content (AvgIpc) is 2.95. The fraction of sp³-hybridized carbons (Fsp3) is 0.733. The van der Waals surface area contributed by atoms with E-state index in [1.165, 1.54) is 0 Å². The molecule has 0 aliphatic carbocycles. The van der Waals surface area contributed by atoms with Crippen LogP contribution in [0.2, 0.25) is 0 Å². The third kappa shape index (κ3) is 7.85. The molecule has 1 rings (SSSR count). The van der Waals surface area contributed by atoms with Gasteiger partial charge in [-0.2, -0.15) is 0 Å². The van der Waals surface area contributed by atoms with Crippen LogP contribution < -0.4 is 11.5 Å². The summed E-state index contributed by atoms with van der Waals surface area (Å²) in [6.07, 6.45) is 8.47. The molecule has 1 heterocycles. The molecule has 0 saturated heterocycles. The van der Waals surface area contributed by atoms with E-state index in [2.05, 4.69) is 9.80 Å². The summed E-state index contributed by atoms with van der Waals surface area (Å²) in [5.41, 5.74) is 10.9. The van der Waals surface area contributed by atoms with Gasteiger partial charge in [-0.05, 0) is 38.5 Å². The molecule has 0 aromatic rings. The highest BCUT2D eigenvalue weighted by molar-refractivity contribution is 5.73. The van der Waals surface area contributed by atoms with E-state index < -0.39 is 24.0 Å². The summed E-state index contributed by atoms with van der Waals surface area (Å²) >= 11 is 0. The first-order chi connectivity index (χ1) is 10.9. The van der Waals surface area contributed by atoms with E-state index in [9.17, 15) is 9.59 Å². The van der Waals surface area contributed by atoms with E-state index in [1.807, 2.05) is 12.4 Å². The van der Waals surface area contributed by atoms with Gasteiger partial charge in [0, 0.05) is 25.5 Å². The van der Waals surface area contributed by atoms with E-state index in [1.54, 1.807) is 0 Å². The van der Waals surface area contributed by atoms with Gasteiger partial charge in [0.2, 0.25) is 0 Å². The normalized spacial score (nSPS) is 16.6. The number of unbranched alkanes of at least 4 members (excludes halogenated alkanes) is 2. The smallest absolute Gasteiger partial charge is 0.320 e. The predicted molar refractivity (Wildman–Crippen MR) is 86.3 cm³/mol. The highest BCUT2D eigenvalue weighted by atomic mass is 16.4. The van der Waals surface area contributed by atoms with Crippen molar-refractivity contribution in [3.63, 3.8) is 0 Å². The molecule has 0 aromatic heterocycles. The average molecular weight is 328 g/mol. The Morgan fingerprint density at radius 1 is 0.870 bits per heavy atom. The second-order valence-corrected chi connectivity index (χ2v) is 5.95. The molecule has 0 spiro atoms. The highest BCUT2D eigenvalue weighted by Gasteiger charge is 2.14. The van der Waals surface area contributed by atoms with Crippen LogP contribution in [0.25, 0.3) is 0 Å². The Hall–Kier alpha value is -1.80. The molecule has 0 radical (unpaired) electrons. The number of hydrogen-bond donors (Lipinski definition) is 4. The molecule has 0 fully saturated rings. The van der Waals surface area contributed by atoms with Crippen molar-refractivity contribution in [1.29, 1.82) is 0 Å². The lowest BCUT2D eigenvalue weighted by molar-refractivity contribution is -0.139. The van der Waals surface area contributed by atoms with Crippen LogP contribution >= 0.6 is 0 Å². The lowest BCUT2D eigenvalue weighted by Gasteiger charge is -2.21. The van der Waals surface area contributed by atoms with E-state index in [4.69, 9.17) is 21.7 Å². The highest BCUT2D eigenvalue weighted by Crippen LogP contribution is 2.11. The minimum atomic E-state index is -0.945. The third-order valence-corrected chi connectivity index (χ3v) is 3.91. The number of rotatable bonds is 12. The van der Waals surface area contributed by atoms with Crippen LogP contribution in [-0.2, 0) is 9.59 Å². The van der Waals surface area contributed by atoms with Gasteiger partial charge in [-0.25, -0.2) is 0 Å². The first-order valence-corrected chi connectivity index (χ1v) is 8.03. The summed E-state index contributed by atoms with van der Waals surface area (Å²) in [6, 6.07) is -1.53. The van der Waals surface area contributed by atoms with Crippen LogP contribution in [0.1, 0.15) is 38.5 Å². The zero-order chi connectivity index (χ0) is 17.2. The van der Waals surface area contributed by atoms with E-state index in [0.717, 1.165) is 45.4 Å². The number of carboxylic acids is 2. The Morgan fingerprint density at radius 2 is 1.26 bits per heavy atom. The summed E-state index contributed by atoms with van der Waals surface area (Å²) in [4.78, 5) is 25.6. The Bertz CT molecular complexity index is 380. The fourth-order valence-corrected chi connectivity index (χ4v) is 2.41. The van der Waals surface area contributed by atoms with Gasteiger partial charge in [0.05, 0.1) is 6.67 Å². The van der Waals surface area contributed by atoms with Gasteiger partial charge in [-0.15, -0.1) is 0 Å². The fourth-order valence-electron chi connectivity index (χ4n) is 2.41. The standard InChI is InChI=1S/C15H28N4O4/c16-12(14(20)21)5-1-3-7-18-9-10-19(11-18)8-4-2-6-13(17)15(22)23/h9-10,12-13H,1-8,11,16-17H2,(H,20,21)(H,22,23). The number of carbonyl (C=O) groups is 2. The monoisotopic (exact) mass is 328 g/mol. The van der Waals surface area contributed by atoms with Gasteiger partial charge in [0.1, 0.15) is 12.1 Å². The van der Waals surface area contributed by atoms with Crippen molar-refractivity contribution in [1.82, 2.24) is 9.80 Å². The molecule has 23 heavy (non-hydrogen) atoms. The van der Waals surface area contributed by atoms with Crippen molar-refractivity contribution < 1.29 is 19.8 Å². The molecule has 6 N–H and O–H groups in total. The molecule has 0 saturated carbocycles. The summed E-state index contributed by atoms with van der Waals surface area (Å²) in [5.74, 6) is -1.89. The molecule has 1 aliphatic rings. The zero-order valence-electron chi connectivity index (χ0n) is 13.4. The summed E-state index contributed by atoms with van der Waals surface area (Å²) in [6.45, 7) is 2.57. The molecular formula is C15H28N4O4. The Kier molecular flexibility index (Phi) is 8.42. The minimum absolute atomic E-state index is 0.500. The van der Waals surface area contributed by atoms with Crippen molar-refractivity contribution in [2.75, 3.05) is 19.8 Å². The largest absolute Gasteiger partial charge is 0.480 e. The molecule has 8 heteroatoms. The molecular weight excluding hydrogens is 300 g/mol. The van der Waals surface area contributed by atoms with Crippen LogP contribution in [-0.4, -0.2) is 63.8 Å². The van der Waals surface area contributed by atoms with Gasteiger partial charge < -0.3 is 31.5 Å². The van der Waals surface area contributed by atoms with Gasteiger partial charge in [-0.3, -0.25) is 9.59 Å². The number of nitrogens with two attached hydrogens (primary N) is 2. The predicted octanol–water partition coefficient (Wildman–Crippen LogP) is 0.197. The molecule has 0 bridgehead atoms. The summed E-state index contributed by atoms with van der Waals surface area (Å²) < 4.78 is 0. The minimum Gasteiger partial charge on any atom is -0.480 e. The quantitative estimate of drug-likeness (QED) is 0.373. The number of hydrogen-bond acceptors (Lipinski definition) is 6. The zero-order valence-corrected chi connectivity index (χ0v) is 13.4. The molecule has 1 aliphatic heterocycles. The topological polar surface area (TPSA) is 133 Å². The lowest BCUT2D eigenvalue weighted by atomic mass is 10.1. The maximum absolute atomic E-state index is 10.6. The van der Waals surface area contributed by atoms with Crippen molar-refractivity contribution in [3.05, 3.63) is 12.4 Å². The second-order valence-electron chi connectivity index (χ2n) is 5.95. The van der Waals surface area contributed by atoms with E-state index in [-0.39, 0.29) is 0 Å². The summed E-state index contributed by atoms with van der Waals surface area (Å²) in [7, 11) is 0. The molecule has 2 atom stereocenters. The Labute approximate surface area is 136 Å². The molecule has 132 valence electrons. The molecule has 0 amide bonds. The van der Waals surface area contributed by atoms with Gasteiger partial charge in [0.25, 0.3) is 0 Å². The van der Waals surface area contributed by atoms with Crippen molar-refractivity contribution in [2.45, 2.75) is 50.6 Å². The number of aliphatic carboxylic acids is 2. The Morgan fingerprint density at radius 3 is 1.61 bits per heavy atom. The first-order valence-electron chi connectivity index (χ1n) is 8.03. The van der Waals surface area contributed by atoms with Crippen molar-refractivity contribution in [3.8, 4) is 0 Å². The Balaban J connectivity index is 2.04. The van der Waals surface area contributed by atoms with Gasteiger partial charge in [0.15, 0.2) is 0 Å². The van der Waals surface area contributed by atoms with Crippen LogP contribution in [0.4, 0.5) is 0 Å². The summed E-state index contributed by atoms with van der Waals surface area (Å²) in [5, 5.41) is 17.4. The molecule has 2 unspecified atom stereocenters. The number of nitrogens with zero attached hydrogens (tertiary/aromatic N) is 2. The molecule has 8 nitrogen and oxygen atoms in total. The van der Waals surface area contributed by atoms with E-state index >= 15 is 0 Å². The van der Waals surface area contributed by atoms with E-state index in [0.29, 0.717) is 12.8 Å². The lowest BCUT2D eigenvalue weighted by Crippen LogP contribution is -2.31. The number of carboxylic acid groups (broad SMARTS) is 2. The van der Waals surface area contributed by atoms with Crippen molar-refractivity contribution >= 4 is 11.9 Å². The maximum atomic E-state index is 10.6.